The molecule has 0 aliphatic rings. The van der Waals surface area contributed by atoms with Gasteiger partial charge >= 0.3 is 0 Å². The Hall–Kier alpha value is -3.10. The number of aromatic nitrogens is 6. The van der Waals surface area contributed by atoms with Crippen molar-refractivity contribution in [3.8, 4) is 11.4 Å². The molecule has 25 heavy (non-hydrogen) atoms. The Balaban J connectivity index is 1.40. The highest BCUT2D eigenvalue weighted by Gasteiger charge is 2.11. The Labute approximate surface area is 144 Å². The highest BCUT2D eigenvalue weighted by Crippen LogP contribution is 2.20. The maximum atomic E-state index is 11.8. The number of aryl methyl sites for hydroxylation is 2. The second kappa shape index (κ2) is 8.13. The first-order valence-corrected chi connectivity index (χ1v) is 8.10. The van der Waals surface area contributed by atoms with Crippen LogP contribution in [0.25, 0.3) is 11.4 Å². The monoisotopic (exact) mass is 341 g/mol. The number of nitrogens with zero attached hydrogens (tertiary/aromatic N) is 5. The van der Waals surface area contributed by atoms with Gasteiger partial charge in [-0.05, 0) is 18.9 Å². The first kappa shape index (κ1) is 16.7. The Morgan fingerprint density at radius 1 is 1.28 bits per heavy atom. The fourth-order valence-electron chi connectivity index (χ4n) is 2.38. The maximum Gasteiger partial charge on any atom is 0.226 e. The van der Waals surface area contributed by atoms with Crippen LogP contribution in [0.2, 0.25) is 0 Å². The molecule has 1 aromatic carbocycles. The van der Waals surface area contributed by atoms with Crippen LogP contribution in [0.4, 0.5) is 0 Å². The molecule has 0 bridgehead atoms. The van der Waals surface area contributed by atoms with Crippen LogP contribution < -0.4 is 5.32 Å². The predicted molar refractivity (Wildman–Crippen MR) is 88.3 cm³/mol. The number of hydrogen-bond acceptors (Lipinski definition) is 7. The van der Waals surface area contributed by atoms with Gasteiger partial charge in [-0.15, -0.1) is 10.2 Å². The summed E-state index contributed by atoms with van der Waals surface area (Å²) in [4.78, 5) is 16.2. The summed E-state index contributed by atoms with van der Waals surface area (Å²) in [6.07, 6.45) is 2.15. The van der Waals surface area contributed by atoms with Crippen molar-refractivity contribution in [2.75, 3.05) is 6.54 Å². The molecule has 0 atom stereocenters. The third-order valence-electron chi connectivity index (χ3n) is 3.71. The van der Waals surface area contributed by atoms with Crippen LogP contribution in [-0.4, -0.2) is 43.2 Å². The summed E-state index contributed by atoms with van der Waals surface area (Å²) in [5.74, 6) is 1.67. The molecule has 0 spiro atoms. The van der Waals surface area contributed by atoms with Crippen molar-refractivity contribution in [1.29, 1.82) is 0 Å². The van der Waals surface area contributed by atoms with E-state index in [1.54, 1.807) is 0 Å². The molecular weight excluding hydrogens is 322 g/mol. The van der Waals surface area contributed by atoms with Crippen LogP contribution in [0, 0.1) is 6.92 Å². The van der Waals surface area contributed by atoms with Gasteiger partial charge in [-0.2, -0.15) is 10.2 Å². The van der Waals surface area contributed by atoms with Crippen molar-refractivity contribution < 1.29 is 9.32 Å². The summed E-state index contributed by atoms with van der Waals surface area (Å²) in [6, 6.07) is 7.87. The number of H-pyrrole nitrogens is 1. The standard InChI is InChI=1S/C16H19N7O2/c1-11-5-2-3-6-12(11)16-18-15(25-21-16)8-4-7-14(24)17-10-9-13-19-22-23-20-13/h2-3,5-6H,4,7-10H2,1H3,(H,17,24)(H,19,20,22,23). The van der Waals surface area contributed by atoms with E-state index in [9.17, 15) is 4.79 Å². The van der Waals surface area contributed by atoms with E-state index in [4.69, 9.17) is 4.52 Å². The first-order chi connectivity index (χ1) is 12.2. The average Bonchev–Trinajstić information content (AvgIpc) is 3.27. The van der Waals surface area contributed by atoms with Gasteiger partial charge in [0, 0.05) is 31.4 Å². The van der Waals surface area contributed by atoms with E-state index < -0.39 is 0 Å². The third-order valence-corrected chi connectivity index (χ3v) is 3.71. The van der Waals surface area contributed by atoms with Gasteiger partial charge in [0.1, 0.15) is 0 Å². The van der Waals surface area contributed by atoms with E-state index in [1.807, 2.05) is 31.2 Å². The summed E-state index contributed by atoms with van der Waals surface area (Å²) in [5, 5.41) is 20.3. The van der Waals surface area contributed by atoms with E-state index in [0.717, 1.165) is 11.1 Å². The summed E-state index contributed by atoms with van der Waals surface area (Å²) in [7, 11) is 0. The van der Waals surface area contributed by atoms with Crippen LogP contribution in [0.15, 0.2) is 28.8 Å². The summed E-state index contributed by atoms with van der Waals surface area (Å²) >= 11 is 0. The number of hydrogen-bond donors (Lipinski definition) is 2. The number of amides is 1. The molecule has 0 fully saturated rings. The highest BCUT2D eigenvalue weighted by molar-refractivity contribution is 5.75. The number of tetrazole rings is 1. The van der Waals surface area contributed by atoms with E-state index >= 15 is 0 Å². The average molecular weight is 341 g/mol. The lowest BCUT2D eigenvalue weighted by molar-refractivity contribution is -0.121. The van der Waals surface area contributed by atoms with Gasteiger partial charge < -0.3 is 9.84 Å². The van der Waals surface area contributed by atoms with Crippen LogP contribution in [0.5, 0.6) is 0 Å². The molecule has 9 nitrogen and oxygen atoms in total. The van der Waals surface area contributed by atoms with Gasteiger partial charge in [0.15, 0.2) is 5.82 Å². The molecule has 0 aliphatic heterocycles. The molecule has 2 aromatic heterocycles. The largest absolute Gasteiger partial charge is 0.356 e. The zero-order valence-electron chi connectivity index (χ0n) is 13.9. The van der Waals surface area contributed by atoms with Gasteiger partial charge in [0.25, 0.3) is 0 Å². The van der Waals surface area contributed by atoms with Gasteiger partial charge in [0.2, 0.25) is 17.6 Å². The number of carbonyl (C=O) groups excluding carboxylic acids is 1. The smallest absolute Gasteiger partial charge is 0.226 e. The van der Waals surface area contributed by atoms with Crippen molar-refractivity contribution in [1.82, 2.24) is 36.1 Å². The molecule has 0 saturated heterocycles. The number of rotatable bonds is 8. The molecule has 130 valence electrons. The van der Waals surface area contributed by atoms with Crippen LogP contribution in [0.3, 0.4) is 0 Å². The Bertz CT molecular complexity index is 814. The minimum atomic E-state index is -0.0258. The third kappa shape index (κ3) is 4.69. The Morgan fingerprint density at radius 3 is 2.96 bits per heavy atom. The molecular formula is C16H19N7O2. The lowest BCUT2D eigenvalue weighted by Gasteiger charge is -2.02. The zero-order valence-corrected chi connectivity index (χ0v) is 13.9. The SMILES string of the molecule is Cc1ccccc1-c1noc(CCCC(=O)NCCc2nn[nH]n2)n1. The quantitative estimate of drug-likeness (QED) is 0.632. The minimum absolute atomic E-state index is 0.0258. The van der Waals surface area contributed by atoms with Gasteiger partial charge in [-0.1, -0.05) is 34.6 Å². The molecule has 0 saturated carbocycles. The van der Waals surface area contributed by atoms with E-state index in [2.05, 4.69) is 36.1 Å². The number of benzene rings is 1. The van der Waals surface area contributed by atoms with Gasteiger partial charge in [-0.25, -0.2) is 0 Å². The van der Waals surface area contributed by atoms with Gasteiger partial charge in [0.05, 0.1) is 0 Å². The van der Waals surface area contributed by atoms with Crippen molar-refractivity contribution in [3.05, 3.63) is 41.5 Å². The minimum Gasteiger partial charge on any atom is -0.356 e. The topological polar surface area (TPSA) is 122 Å². The number of aromatic amines is 1. The van der Waals surface area contributed by atoms with Crippen LogP contribution in [0.1, 0.15) is 30.1 Å². The highest BCUT2D eigenvalue weighted by atomic mass is 16.5. The molecule has 1 amide bonds. The van der Waals surface area contributed by atoms with Crippen LogP contribution >= 0.6 is 0 Å². The first-order valence-electron chi connectivity index (χ1n) is 8.10. The lowest BCUT2D eigenvalue weighted by atomic mass is 10.1. The molecule has 3 rings (SSSR count). The lowest BCUT2D eigenvalue weighted by Crippen LogP contribution is -2.25. The van der Waals surface area contributed by atoms with E-state index in [-0.39, 0.29) is 5.91 Å². The summed E-state index contributed by atoms with van der Waals surface area (Å²) in [5.41, 5.74) is 2.05. The number of carbonyl (C=O) groups is 1. The molecule has 9 heteroatoms. The Morgan fingerprint density at radius 2 is 2.16 bits per heavy atom. The molecule has 3 aromatic rings. The molecule has 0 radical (unpaired) electrons. The normalized spacial score (nSPS) is 10.8. The Kier molecular flexibility index (Phi) is 5.45. The molecule has 0 aliphatic carbocycles. The fourth-order valence-corrected chi connectivity index (χ4v) is 2.38. The second-order valence-corrected chi connectivity index (χ2v) is 5.61. The fraction of sp³-hybridized carbons (Fsp3) is 0.375. The van der Waals surface area contributed by atoms with Crippen LogP contribution in [-0.2, 0) is 17.6 Å². The van der Waals surface area contributed by atoms with Crippen molar-refractivity contribution in [2.45, 2.75) is 32.6 Å². The van der Waals surface area contributed by atoms with E-state index in [1.165, 1.54) is 0 Å². The van der Waals surface area contributed by atoms with Crippen molar-refractivity contribution in [3.63, 3.8) is 0 Å². The molecule has 0 unspecified atom stereocenters. The van der Waals surface area contributed by atoms with Gasteiger partial charge in [-0.3, -0.25) is 4.79 Å². The van der Waals surface area contributed by atoms with Crippen molar-refractivity contribution >= 4 is 5.91 Å². The van der Waals surface area contributed by atoms with Crippen molar-refractivity contribution in [2.24, 2.45) is 0 Å². The second-order valence-electron chi connectivity index (χ2n) is 5.61. The summed E-state index contributed by atoms with van der Waals surface area (Å²) < 4.78 is 5.27. The number of nitrogens with one attached hydrogen (secondary N) is 2. The summed E-state index contributed by atoms with van der Waals surface area (Å²) in [6.45, 7) is 2.49. The molecule has 2 heterocycles. The maximum absolute atomic E-state index is 11.8. The molecule has 2 N–H and O–H groups in total. The van der Waals surface area contributed by atoms with E-state index in [0.29, 0.717) is 49.8 Å². The zero-order chi connectivity index (χ0) is 17.5. The predicted octanol–water partition coefficient (Wildman–Crippen LogP) is 1.24.